The number of nitriles is 1. The van der Waals surface area contributed by atoms with E-state index < -0.39 is 5.83 Å². The van der Waals surface area contributed by atoms with Crippen molar-refractivity contribution in [2.45, 2.75) is 13.8 Å². The summed E-state index contributed by atoms with van der Waals surface area (Å²) in [6, 6.07) is 1.76. The van der Waals surface area contributed by atoms with Crippen molar-refractivity contribution in [1.82, 2.24) is 0 Å². The summed E-state index contributed by atoms with van der Waals surface area (Å²) in [6.45, 7) is 3.34. The zero-order valence-electron chi connectivity index (χ0n) is 6.94. The second-order valence-electron chi connectivity index (χ2n) is 1.98. The molecule has 0 atom stereocenters. The Kier molecular flexibility index (Phi) is 5.31. The Bertz CT molecular complexity index is 281. The molecule has 0 aliphatic rings. The van der Waals surface area contributed by atoms with Gasteiger partial charge in [0.1, 0.15) is 11.9 Å². The third-order valence-electron chi connectivity index (χ3n) is 1.19. The van der Waals surface area contributed by atoms with Gasteiger partial charge in [-0.15, -0.1) is 0 Å². The molecule has 0 fully saturated rings. The summed E-state index contributed by atoms with van der Waals surface area (Å²) in [5.74, 6) is -0.503. The monoisotopic (exact) mass is 229 g/mol. The molecule has 0 saturated carbocycles. The summed E-state index contributed by atoms with van der Waals surface area (Å²) in [5, 5.41) is 8.52. The molecule has 0 aromatic rings. The van der Waals surface area contributed by atoms with E-state index in [0.717, 1.165) is 0 Å². The van der Waals surface area contributed by atoms with Gasteiger partial charge in [0.2, 0.25) is 0 Å². The number of nitrogens with zero attached hydrogens (tertiary/aromatic N) is 1. The van der Waals surface area contributed by atoms with Crippen LogP contribution in [0.3, 0.4) is 0 Å². The molecule has 0 spiro atoms. The SMILES string of the molecule is C/C=C(Br)/C=C(C#N)\C(F)=C/C. The summed E-state index contributed by atoms with van der Waals surface area (Å²) in [7, 11) is 0. The van der Waals surface area contributed by atoms with Crippen LogP contribution in [0.15, 0.2) is 34.1 Å². The van der Waals surface area contributed by atoms with E-state index in [1.54, 1.807) is 26.0 Å². The molecule has 0 aromatic carbocycles. The van der Waals surface area contributed by atoms with Crippen LogP contribution in [0.4, 0.5) is 4.39 Å². The van der Waals surface area contributed by atoms with Crippen molar-refractivity contribution < 1.29 is 4.39 Å². The molecule has 0 N–H and O–H groups in total. The predicted octanol–water partition coefficient (Wildman–Crippen LogP) is 3.61. The quantitative estimate of drug-likeness (QED) is 0.525. The van der Waals surface area contributed by atoms with Crippen molar-refractivity contribution in [3.63, 3.8) is 0 Å². The topological polar surface area (TPSA) is 23.8 Å². The molecule has 0 aliphatic carbocycles. The first-order valence-electron chi connectivity index (χ1n) is 3.41. The van der Waals surface area contributed by atoms with Gasteiger partial charge < -0.3 is 0 Å². The van der Waals surface area contributed by atoms with Gasteiger partial charge in [0.15, 0.2) is 0 Å². The Labute approximate surface area is 80.0 Å². The van der Waals surface area contributed by atoms with E-state index in [0.29, 0.717) is 4.48 Å². The van der Waals surface area contributed by atoms with Crippen LogP contribution in [-0.4, -0.2) is 0 Å². The Morgan fingerprint density at radius 2 is 2.00 bits per heavy atom. The van der Waals surface area contributed by atoms with Crippen molar-refractivity contribution in [2.24, 2.45) is 0 Å². The summed E-state index contributed by atoms with van der Waals surface area (Å²) in [5.41, 5.74) is 0.0301. The highest BCUT2D eigenvalue weighted by atomic mass is 79.9. The van der Waals surface area contributed by atoms with E-state index in [4.69, 9.17) is 5.26 Å². The Morgan fingerprint density at radius 1 is 1.42 bits per heavy atom. The lowest BCUT2D eigenvalue weighted by Crippen LogP contribution is -1.79. The van der Waals surface area contributed by atoms with E-state index in [9.17, 15) is 4.39 Å². The van der Waals surface area contributed by atoms with Gasteiger partial charge in [-0.1, -0.05) is 28.1 Å². The van der Waals surface area contributed by atoms with Gasteiger partial charge in [-0.2, -0.15) is 5.26 Å². The van der Waals surface area contributed by atoms with Crippen LogP contribution in [0.2, 0.25) is 0 Å². The van der Waals surface area contributed by atoms with Gasteiger partial charge in [0.05, 0.1) is 5.57 Å². The third-order valence-corrected chi connectivity index (χ3v) is 1.88. The minimum Gasteiger partial charge on any atom is -0.206 e. The van der Waals surface area contributed by atoms with Crippen molar-refractivity contribution >= 4 is 15.9 Å². The molecular formula is C9H9BrFN. The zero-order chi connectivity index (χ0) is 9.56. The molecule has 0 aromatic heterocycles. The molecule has 0 saturated heterocycles. The number of hydrogen-bond acceptors (Lipinski definition) is 1. The van der Waals surface area contributed by atoms with Crippen molar-refractivity contribution in [1.29, 1.82) is 5.26 Å². The molecule has 0 bridgehead atoms. The van der Waals surface area contributed by atoms with Gasteiger partial charge in [0.25, 0.3) is 0 Å². The van der Waals surface area contributed by atoms with Gasteiger partial charge in [-0.25, -0.2) is 4.39 Å². The first-order valence-corrected chi connectivity index (χ1v) is 4.20. The van der Waals surface area contributed by atoms with Gasteiger partial charge in [-0.3, -0.25) is 0 Å². The summed E-state index contributed by atoms with van der Waals surface area (Å²) < 4.78 is 13.5. The van der Waals surface area contributed by atoms with Crippen LogP contribution in [0.1, 0.15) is 13.8 Å². The highest BCUT2D eigenvalue weighted by Gasteiger charge is 2.01. The Morgan fingerprint density at radius 3 is 2.33 bits per heavy atom. The standard InChI is InChI=1S/C9H9BrFN/c1-3-8(10)5-7(6-12)9(11)4-2/h3-5H,1-2H3/b7-5-,8-3-,9-4+. The highest BCUT2D eigenvalue weighted by Crippen LogP contribution is 2.16. The average Bonchev–Trinajstić information content (AvgIpc) is 2.12. The highest BCUT2D eigenvalue weighted by molar-refractivity contribution is 9.11. The minimum absolute atomic E-state index is 0.0301. The second kappa shape index (κ2) is 5.73. The number of rotatable bonds is 2. The first kappa shape index (κ1) is 11.1. The normalized spacial score (nSPS) is 14.4. The maximum absolute atomic E-state index is 12.8. The van der Waals surface area contributed by atoms with E-state index >= 15 is 0 Å². The third kappa shape index (κ3) is 3.49. The van der Waals surface area contributed by atoms with E-state index in [2.05, 4.69) is 15.9 Å². The molecule has 64 valence electrons. The van der Waals surface area contributed by atoms with Crippen molar-refractivity contribution in [3.8, 4) is 6.07 Å². The lowest BCUT2D eigenvalue weighted by atomic mass is 10.2. The molecule has 12 heavy (non-hydrogen) atoms. The van der Waals surface area contributed by atoms with Gasteiger partial charge in [-0.05, 0) is 19.9 Å². The minimum atomic E-state index is -0.503. The maximum Gasteiger partial charge on any atom is 0.136 e. The maximum atomic E-state index is 12.8. The van der Waals surface area contributed by atoms with Gasteiger partial charge in [0, 0.05) is 4.48 Å². The fraction of sp³-hybridized carbons (Fsp3) is 0.222. The zero-order valence-corrected chi connectivity index (χ0v) is 8.52. The van der Waals surface area contributed by atoms with E-state index in [-0.39, 0.29) is 5.57 Å². The van der Waals surface area contributed by atoms with Gasteiger partial charge >= 0.3 is 0 Å². The predicted molar refractivity (Wildman–Crippen MR) is 51.2 cm³/mol. The van der Waals surface area contributed by atoms with Crippen LogP contribution in [0, 0.1) is 11.3 Å². The average molecular weight is 230 g/mol. The van der Waals surface area contributed by atoms with Crippen molar-refractivity contribution in [2.75, 3.05) is 0 Å². The second-order valence-corrected chi connectivity index (χ2v) is 2.90. The first-order chi connectivity index (χ1) is 5.65. The molecule has 0 rings (SSSR count). The largest absolute Gasteiger partial charge is 0.206 e. The van der Waals surface area contributed by atoms with E-state index in [1.165, 1.54) is 12.2 Å². The number of halogens is 2. The lowest BCUT2D eigenvalue weighted by Gasteiger charge is -1.92. The summed E-state index contributed by atoms with van der Waals surface area (Å²) in [4.78, 5) is 0. The molecule has 0 amide bonds. The number of hydrogen-bond donors (Lipinski definition) is 0. The molecule has 0 unspecified atom stereocenters. The Hall–Kier alpha value is -0.880. The van der Waals surface area contributed by atoms with Crippen LogP contribution in [-0.2, 0) is 0 Å². The summed E-state index contributed by atoms with van der Waals surface area (Å²) in [6.07, 6.45) is 4.43. The number of allylic oxidation sites excluding steroid dienone is 6. The van der Waals surface area contributed by atoms with Crippen molar-refractivity contribution in [3.05, 3.63) is 34.1 Å². The smallest absolute Gasteiger partial charge is 0.136 e. The molecule has 0 heterocycles. The summed E-state index contributed by atoms with van der Waals surface area (Å²) >= 11 is 3.16. The fourth-order valence-corrected chi connectivity index (χ4v) is 0.760. The molecule has 3 heteroatoms. The van der Waals surface area contributed by atoms with Crippen LogP contribution < -0.4 is 0 Å². The van der Waals surface area contributed by atoms with E-state index in [1.807, 2.05) is 0 Å². The van der Waals surface area contributed by atoms with Crippen LogP contribution in [0.5, 0.6) is 0 Å². The lowest BCUT2D eigenvalue weighted by molar-refractivity contribution is 0.656. The molecule has 1 nitrogen and oxygen atoms in total. The van der Waals surface area contributed by atoms with Crippen LogP contribution >= 0.6 is 15.9 Å². The molecular weight excluding hydrogens is 221 g/mol. The molecule has 0 radical (unpaired) electrons. The Balaban J connectivity index is 4.83. The fourth-order valence-electron chi connectivity index (χ4n) is 0.531. The molecule has 0 aliphatic heterocycles. The van der Waals surface area contributed by atoms with Crippen LogP contribution in [0.25, 0.3) is 0 Å².